The predicted octanol–water partition coefficient (Wildman–Crippen LogP) is 2.61. The van der Waals surface area contributed by atoms with Crippen molar-refractivity contribution in [3.8, 4) is 0 Å². The number of aryl methyl sites for hydroxylation is 1. The fraction of sp³-hybridized carbons (Fsp3) is 0.286. The maximum absolute atomic E-state index is 12.2. The van der Waals surface area contributed by atoms with Crippen molar-refractivity contribution >= 4 is 21.6 Å². The van der Waals surface area contributed by atoms with Crippen LogP contribution in [-0.2, 0) is 16.4 Å². The van der Waals surface area contributed by atoms with Crippen molar-refractivity contribution in [2.45, 2.75) is 23.3 Å². The zero-order valence-electron chi connectivity index (χ0n) is 11.2. The number of sulfone groups is 1. The lowest BCUT2D eigenvalue weighted by molar-refractivity contribution is 0.527. The van der Waals surface area contributed by atoms with Crippen molar-refractivity contribution in [1.29, 1.82) is 0 Å². The first kappa shape index (κ1) is 15.2. The molecule has 0 aliphatic carbocycles. The molecule has 1 aromatic carbocycles. The summed E-state index contributed by atoms with van der Waals surface area (Å²) in [7, 11) is -3.24. The lowest BCUT2D eigenvalue weighted by Gasteiger charge is -2.05. The van der Waals surface area contributed by atoms with Gasteiger partial charge in [-0.3, -0.25) is 0 Å². The zero-order valence-corrected chi connectivity index (χ0v) is 12.8. The van der Waals surface area contributed by atoms with Crippen LogP contribution in [0.15, 0.2) is 50.8 Å². The lowest BCUT2D eigenvalue weighted by Crippen LogP contribution is -2.09. The van der Waals surface area contributed by atoms with E-state index in [1.54, 1.807) is 30.5 Å². The van der Waals surface area contributed by atoms with E-state index in [1.807, 2.05) is 13.0 Å². The minimum absolute atomic E-state index is 0.101. The van der Waals surface area contributed by atoms with Crippen LogP contribution >= 0.6 is 11.8 Å². The average molecular weight is 311 g/mol. The van der Waals surface area contributed by atoms with Gasteiger partial charge in [0.25, 0.3) is 0 Å². The van der Waals surface area contributed by atoms with Gasteiger partial charge in [0.05, 0.1) is 16.9 Å². The molecule has 2 rings (SSSR count). The molecule has 2 aromatic rings. The highest BCUT2D eigenvalue weighted by Crippen LogP contribution is 2.24. The predicted molar refractivity (Wildman–Crippen MR) is 80.6 cm³/mol. The van der Waals surface area contributed by atoms with Crippen LogP contribution < -0.4 is 5.73 Å². The van der Waals surface area contributed by atoms with Crippen molar-refractivity contribution in [1.82, 2.24) is 0 Å². The Hall–Kier alpha value is -1.24. The number of benzene rings is 1. The number of hydrogen-bond donors (Lipinski definition) is 1. The lowest BCUT2D eigenvalue weighted by atomic mass is 10.2. The molecule has 0 bridgehead atoms. The van der Waals surface area contributed by atoms with Gasteiger partial charge in [0.2, 0.25) is 0 Å². The molecule has 0 radical (unpaired) electrons. The van der Waals surface area contributed by atoms with Gasteiger partial charge < -0.3 is 10.2 Å². The Balaban J connectivity index is 1.98. The SMILES string of the molecule is Cc1occc1SCCS(=O)(=O)c1ccc(CN)cc1. The maximum atomic E-state index is 12.2. The van der Waals surface area contributed by atoms with E-state index in [0.29, 0.717) is 17.2 Å². The third-order valence-electron chi connectivity index (χ3n) is 2.94. The minimum Gasteiger partial charge on any atom is -0.468 e. The van der Waals surface area contributed by atoms with Crippen molar-refractivity contribution in [3.63, 3.8) is 0 Å². The van der Waals surface area contributed by atoms with E-state index >= 15 is 0 Å². The molecule has 0 saturated carbocycles. The van der Waals surface area contributed by atoms with E-state index < -0.39 is 9.84 Å². The number of rotatable bonds is 6. The highest BCUT2D eigenvalue weighted by Gasteiger charge is 2.14. The number of furan rings is 1. The van der Waals surface area contributed by atoms with Crippen LogP contribution in [0.1, 0.15) is 11.3 Å². The Bertz CT molecular complexity index is 660. The second-order valence-corrected chi connectivity index (χ2v) is 7.60. The molecule has 1 aromatic heterocycles. The van der Waals surface area contributed by atoms with E-state index in [4.69, 9.17) is 10.2 Å². The minimum atomic E-state index is -3.24. The first-order valence-corrected chi connectivity index (χ1v) is 8.85. The Labute approximate surface area is 123 Å². The van der Waals surface area contributed by atoms with Crippen LogP contribution in [0, 0.1) is 6.92 Å². The summed E-state index contributed by atoms with van der Waals surface area (Å²) in [6.45, 7) is 2.28. The molecule has 0 aliphatic rings. The molecule has 0 unspecified atom stereocenters. The van der Waals surface area contributed by atoms with Gasteiger partial charge in [-0.2, -0.15) is 0 Å². The highest BCUT2D eigenvalue weighted by atomic mass is 32.2. The van der Waals surface area contributed by atoms with Crippen molar-refractivity contribution in [2.75, 3.05) is 11.5 Å². The van der Waals surface area contributed by atoms with Gasteiger partial charge in [0, 0.05) is 17.2 Å². The van der Waals surface area contributed by atoms with Crippen LogP contribution in [0.3, 0.4) is 0 Å². The van der Waals surface area contributed by atoms with E-state index in [1.165, 1.54) is 11.8 Å². The van der Waals surface area contributed by atoms with Gasteiger partial charge >= 0.3 is 0 Å². The second-order valence-electron chi connectivity index (χ2n) is 4.36. The number of nitrogens with two attached hydrogens (primary N) is 1. The normalized spacial score (nSPS) is 11.7. The molecule has 4 nitrogen and oxygen atoms in total. The number of hydrogen-bond acceptors (Lipinski definition) is 5. The van der Waals surface area contributed by atoms with Gasteiger partial charge in [-0.05, 0) is 30.7 Å². The first-order valence-electron chi connectivity index (χ1n) is 6.21. The molecule has 2 N–H and O–H groups in total. The monoisotopic (exact) mass is 311 g/mol. The Morgan fingerprint density at radius 2 is 1.90 bits per heavy atom. The fourth-order valence-electron chi connectivity index (χ4n) is 1.74. The van der Waals surface area contributed by atoms with Crippen molar-refractivity contribution < 1.29 is 12.8 Å². The Kier molecular flexibility index (Phi) is 4.91. The van der Waals surface area contributed by atoms with E-state index in [9.17, 15) is 8.42 Å². The Morgan fingerprint density at radius 1 is 1.20 bits per heavy atom. The highest BCUT2D eigenvalue weighted by molar-refractivity contribution is 8.00. The van der Waals surface area contributed by atoms with Gasteiger partial charge in [-0.1, -0.05) is 12.1 Å². The van der Waals surface area contributed by atoms with Gasteiger partial charge in [0.1, 0.15) is 5.76 Å². The topological polar surface area (TPSA) is 73.3 Å². The van der Waals surface area contributed by atoms with Gasteiger partial charge in [0.15, 0.2) is 9.84 Å². The third-order valence-corrected chi connectivity index (χ3v) is 6.07. The molecular weight excluding hydrogens is 294 g/mol. The molecule has 0 fully saturated rings. The molecule has 0 aliphatic heterocycles. The molecule has 108 valence electrons. The number of thioether (sulfide) groups is 1. The summed E-state index contributed by atoms with van der Waals surface area (Å²) in [5.74, 6) is 1.42. The summed E-state index contributed by atoms with van der Waals surface area (Å²) in [4.78, 5) is 1.33. The van der Waals surface area contributed by atoms with Gasteiger partial charge in [-0.25, -0.2) is 8.42 Å². The van der Waals surface area contributed by atoms with Gasteiger partial charge in [-0.15, -0.1) is 11.8 Å². The van der Waals surface area contributed by atoms with Crippen LogP contribution in [0.5, 0.6) is 0 Å². The molecule has 0 saturated heterocycles. The van der Waals surface area contributed by atoms with Crippen LogP contribution in [0.2, 0.25) is 0 Å². The first-order chi connectivity index (χ1) is 9.53. The smallest absolute Gasteiger partial charge is 0.179 e. The molecule has 6 heteroatoms. The average Bonchev–Trinajstić information content (AvgIpc) is 2.84. The van der Waals surface area contributed by atoms with E-state index in [-0.39, 0.29) is 5.75 Å². The fourth-order valence-corrected chi connectivity index (χ4v) is 4.36. The van der Waals surface area contributed by atoms with Crippen LogP contribution in [0.4, 0.5) is 0 Å². The van der Waals surface area contributed by atoms with E-state index in [0.717, 1.165) is 16.2 Å². The molecule has 0 spiro atoms. The summed E-state index contributed by atoms with van der Waals surface area (Å²) in [5.41, 5.74) is 6.42. The van der Waals surface area contributed by atoms with E-state index in [2.05, 4.69) is 0 Å². The summed E-state index contributed by atoms with van der Waals surface area (Å²) in [5, 5.41) is 0. The van der Waals surface area contributed by atoms with Crippen LogP contribution in [-0.4, -0.2) is 19.9 Å². The molecule has 20 heavy (non-hydrogen) atoms. The summed E-state index contributed by atoms with van der Waals surface area (Å²) >= 11 is 1.49. The molecule has 0 atom stereocenters. The molecule has 0 amide bonds. The third kappa shape index (κ3) is 3.65. The summed E-state index contributed by atoms with van der Waals surface area (Å²) < 4.78 is 29.5. The maximum Gasteiger partial charge on any atom is 0.179 e. The quantitative estimate of drug-likeness (QED) is 0.830. The second kappa shape index (κ2) is 6.47. The molecule has 1 heterocycles. The summed E-state index contributed by atoms with van der Waals surface area (Å²) in [6, 6.07) is 8.58. The van der Waals surface area contributed by atoms with Crippen molar-refractivity contribution in [3.05, 3.63) is 47.9 Å². The zero-order chi connectivity index (χ0) is 14.6. The van der Waals surface area contributed by atoms with Crippen molar-refractivity contribution in [2.24, 2.45) is 5.73 Å². The largest absolute Gasteiger partial charge is 0.468 e. The standard InChI is InChI=1S/C14H17NO3S2/c1-11-14(6-7-18-11)19-8-9-20(16,17)13-4-2-12(10-15)3-5-13/h2-7H,8-10,15H2,1H3. The van der Waals surface area contributed by atoms with Crippen LogP contribution in [0.25, 0.3) is 0 Å². The molecular formula is C14H17NO3S2. The summed E-state index contributed by atoms with van der Waals surface area (Å²) in [6.07, 6.45) is 1.61. The Morgan fingerprint density at radius 3 is 2.45 bits per heavy atom.